The van der Waals surface area contributed by atoms with Crippen LogP contribution in [0.4, 0.5) is 4.39 Å². The van der Waals surface area contributed by atoms with Crippen LogP contribution in [-0.2, 0) is 16.1 Å². The zero-order chi connectivity index (χ0) is 17.9. The Morgan fingerprint density at radius 1 is 1.15 bits per heavy atom. The van der Waals surface area contributed by atoms with E-state index in [4.69, 9.17) is 4.74 Å². The van der Waals surface area contributed by atoms with Gasteiger partial charge in [0.25, 0.3) is 5.91 Å². The molecule has 26 heavy (non-hydrogen) atoms. The van der Waals surface area contributed by atoms with Crippen molar-refractivity contribution in [2.75, 3.05) is 32.8 Å². The molecule has 0 bridgehead atoms. The molecule has 1 unspecified atom stereocenters. The van der Waals surface area contributed by atoms with Gasteiger partial charge in [-0.3, -0.25) is 9.69 Å². The molecule has 0 spiro atoms. The number of benzene rings is 1. The van der Waals surface area contributed by atoms with Gasteiger partial charge < -0.3 is 9.64 Å². The van der Waals surface area contributed by atoms with E-state index in [0.717, 1.165) is 50.4 Å². The highest BCUT2D eigenvalue weighted by Crippen LogP contribution is 2.30. The summed E-state index contributed by atoms with van der Waals surface area (Å²) in [6.07, 6.45) is 1.62. The van der Waals surface area contributed by atoms with Crippen molar-refractivity contribution >= 4 is 17.2 Å². The predicted molar refractivity (Wildman–Crippen MR) is 101 cm³/mol. The predicted octanol–water partition coefficient (Wildman–Crippen LogP) is 3.38. The number of amides is 1. The molecule has 3 heterocycles. The lowest BCUT2D eigenvalue weighted by Gasteiger charge is -2.35. The number of piperazine rings is 1. The van der Waals surface area contributed by atoms with Crippen molar-refractivity contribution in [1.82, 2.24) is 9.80 Å². The molecule has 0 saturated carbocycles. The van der Waals surface area contributed by atoms with Gasteiger partial charge in [-0.05, 0) is 31.0 Å². The largest absolute Gasteiger partial charge is 0.368 e. The van der Waals surface area contributed by atoms with E-state index in [1.54, 1.807) is 17.4 Å². The van der Waals surface area contributed by atoms with E-state index in [1.165, 1.54) is 10.9 Å². The molecule has 0 aliphatic carbocycles. The average molecular weight is 374 g/mol. The Bertz CT molecular complexity index is 765. The first-order valence-electron chi connectivity index (χ1n) is 9.17. The van der Waals surface area contributed by atoms with Gasteiger partial charge >= 0.3 is 0 Å². The maximum absolute atomic E-state index is 13.9. The fraction of sp³-hybridized carbons (Fsp3) is 0.450. The van der Waals surface area contributed by atoms with Crippen molar-refractivity contribution in [3.63, 3.8) is 0 Å². The first-order valence-corrected chi connectivity index (χ1v) is 9.99. The van der Waals surface area contributed by atoms with Crippen molar-refractivity contribution in [2.24, 2.45) is 0 Å². The lowest BCUT2D eigenvalue weighted by atomic mass is 10.2. The van der Waals surface area contributed by atoms with Crippen LogP contribution in [0.15, 0.2) is 36.4 Å². The molecule has 0 radical (unpaired) electrons. The molecular weight excluding hydrogens is 351 g/mol. The summed E-state index contributed by atoms with van der Waals surface area (Å²) in [5.74, 6) is -0.0257. The van der Waals surface area contributed by atoms with Gasteiger partial charge in [-0.25, -0.2) is 4.39 Å². The van der Waals surface area contributed by atoms with E-state index in [0.29, 0.717) is 12.2 Å². The van der Waals surface area contributed by atoms with Gasteiger partial charge in [-0.1, -0.05) is 18.2 Å². The molecule has 6 heteroatoms. The van der Waals surface area contributed by atoms with Gasteiger partial charge in [-0.15, -0.1) is 11.3 Å². The number of ether oxygens (including phenoxy) is 1. The molecule has 2 aromatic rings. The number of carbonyl (C=O) groups excluding carboxylic acids is 1. The minimum atomic E-state index is -0.220. The quantitative estimate of drug-likeness (QED) is 0.823. The second-order valence-corrected chi connectivity index (χ2v) is 8.02. The first-order chi connectivity index (χ1) is 12.7. The zero-order valence-electron chi connectivity index (χ0n) is 14.7. The highest BCUT2D eigenvalue weighted by Gasteiger charge is 2.30. The number of hydrogen-bond donors (Lipinski definition) is 0. The number of nitrogens with zero attached hydrogens (tertiary/aromatic N) is 2. The Morgan fingerprint density at radius 2 is 1.96 bits per heavy atom. The number of rotatable bonds is 4. The van der Waals surface area contributed by atoms with E-state index in [2.05, 4.69) is 11.0 Å². The molecule has 1 aromatic heterocycles. The number of carbonyl (C=O) groups is 1. The smallest absolute Gasteiger partial charge is 0.251 e. The Labute approximate surface area is 157 Å². The number of halogens is 1. The molecule has 0 N–H and O–H groups in total. The highest BCUT2D eigenvalue weighted by molar-refractivity contribution is 7.15. The van der Waals surface area contributed by atoms with E-state index >= 15 is 0 Å². The molecular formula is C20H23FN2O2S. The van der Waals surface area contributed by atoms with Gasteiger partial charge in [0, 0.05) is 54.6 Å². The van der Waals surface area contributed by atoms with Gasteiger partial charge in [0.2, 0.25) is 0 Å². The van der Waals surface area contributed by atoms with Gasteiger partial charge in [0.1, 0.15) is 11.9 Å². The third kappa shape index (κ3) is 3.82. The van der Waals surface area contributed by atoms with Crippen LogP contribution in [0.5, 0.6) is 0 Å². The molecule has 4 rings (SSSR count). The summed E-state index contributed by atoms with van der Waals surface area (Å²) in [6, 6.07) is 11.0. The van der Waals surface area contributed by atoms with E-state index < -0.39 is 0 Å². The molecule has 1 aromatic carbocycles. The zero-order valence-corrected chi connectivity index (χ0v) is 15.5. The van der Waals surface area contributed by atoms with Crippen LogP contribution < -0.4 is 0 Å². The molecule has 2 fully saturated rings. The maximum Gasteiger partial charge on any atom is 0.251 e. The van der Waals surface area contributed by atoms with Crippen LogP contribution in [0, 0.1) is 5.82 Å². The van der Waals surface area contributed by atoms with Gasteiger partial charge in [0.15, 0.2) is 0 Å². The molecule has 4 nitrogen and oxygen atoms in total. The highest BCUT2D eigenvalue weighted by atomic mass is 32.1. The summed E-state index contributed by atoms with van der Waals surface area (Å²) in [4.78, 5) is 18.9. The third-order valence-corrected chi connectivity index (χ3v) is 6.17. The van der Waals surface area contributed by atoms with Crippen LogP contribution in [0.25, 0.3) is 10.4 Å². The van der Waals surface area contributed by atoms with Crippen LogP contribution in [0.3, 0.4) is 0 Å². The van der Waals surface area contributed by atoms with Crippen molar-refractivity contribution in [3.05, 3.63) is 47.1 Å². The Balaban J connectivity index is 1.32. The van der Waals surface area contributed by atoms with Crippen molar-refractivity contribution in [1.29, 1.82) is 0 Å². The van der Waals surface area contributed by atoms with Gasteiger partial charge in [-0.2, -0.15) is 0 Å². The Morgan fingerprint density at radius 3 is 2.69 bits per heavy atom. The lowest BCUT2D eigenvalue weighted by Crippen LogP contribution is -2.50. The maximum atomic E-state index is 13.9. The van der Waals surface area contributed by atoms with Crippen molar-refractivity contribution in [3.8, 4) is 10.4 Å². The standard InChI is InChI=1S/C20H23FN2O2S/c21-17-5-2-1-4-16(17)19-8-7-15(26-19)14-22-9-11-23(12-10-22)20(24)18-6-3-13-25-18/h1-2,4-5,7-8,18H,3,6,9-14H2. The molecule has 2 saturated heterocycles. The number of thiophene rings is 1. The molecule has 1 amide bonds. The second kappa shape index (κ2) is 7.86. The normalized spacial score (nSPS) is 21.3. The fourth-order valence-corrected chi connectivity index (χ4v) is 4.67. The van der Waals surface area contributed by atoms with Crippen molar-refractivity contribution < 1.29 is 13.9 Å². The monoisotopic (exact) mass is 374 g/mol. The van der Waals surface area contributed by atoms with Crippen LogP contribution in [0.1, 0.15) is 17.7 Å². The summed E-state index contributed by atoms with van der Waals surface area (Å²) in [5, 5.41) is 0. The van der Waals surface area contributed by atoms with Crippen LogP contribution in [-0.4, -0.2) is 54.6 Å². The van der Waals surface area contributed by atoms with E-state index in [1.807, 2.05) is 23.1 Å². The summed E-state index contributed by atoms with van der Waals surface area (Å²) in [5.41, 5.74) is 0.663. The minimum Gasteiger partial charge on any atom is -0.368 e. The number of hydrogen-bond acceptors (Lipinski definition) is 4. The first kappa shape index (κ1) is 17.6. The Hall–Kier alpha value is -1.76. The third-order valence-electron chi connectivity index (χ3n) is 5.07. The van der Waals surface area contributed by atoms with Gasteiger partial charge in [0.05, 0.1) is 0 Å². The van der Waals surface area contributed by atoms with Crippen LogP contribution >= 0.6 is 11.3 Å². The lowest BCUT2D eigenvalue weighted by molar-refractivity contribution is -0.142. The summed E-state index contributed by atoms with van der Waals surface area (Å²) in [7, 11) is 0. The van der Waals surface area contributed by atoms with E-state index in [-0.39, 0.29) is 17.8 Å². The topological polar surface area (TPSA) is 32.8 Å². The molecule has 1 atom stereocenters. The summed E-state index contributed by atoms with van der Waals surface area (Å²) in [6.45, 7) is 4.80. The Kier molecular flexibility index (Phi) is 5.33. The summed E-state index contributed by atoms with van der Waals surface area (Å²) >= 11 is 1.64. The van der Waals surface area contributed by atoms with Crippen LogP contribution in [0.2, 0.25) is 0 Å². The SMILES string of the molecule is O=C(C1CCCO1)N1CCN(Cc2ccc(-c3ccccc3F)s2)CC1. The van der Waals surface area contributed by atoms with E-state index in [9.17, 15) is 9.18 Å². The molecule has 2 aliphatic heterocycles. The minimum absolute atomic E-state index is 0.153. The molecule has 2 aliphatic rings. The molecule has 138 valence electrons. The summed E-state index contributed by atoms with van der Waals surface area (Å²) < 4.78 is 19.4. The fourth-order valence-electron chi connectivity index (χ4n) is 3.59. The second-order valence-electron chi connectivity index (χ2n) is 6.85. The average Bonchev–Trinajstić information content (AvgIpc) is 3.34. The van der Waals surface area contributed by atoms with Crippen molar-refractivity contribution in [2.45, 2.75) is 25.5 Å².